The number of amides is 1. The molecule has 1 aliphatic rings. The molecule has 0 saturated heterocycles. The zero-order chi connectivity index (χ0) is 21.3. The van der Waals surface area contributed by atoms with Gasteiger partial charge in [0.1, 0.15) is 5.82 Å². The van der Waals surface area contributed by atoms with E-state index in [1.54, 1.807) is 31.2 Å². The van der Waals surface area contributed by atoms with Crippen molar-refractivity contribution in [1.29, 1.82) is 0 Å². The number of carbonyl (C=O) groups excluding carboxylic acids is 2. The molecule has 0 unspecified atom stereocenters. The van der Waals surface area contributed by atoms with Crippen LogP contribution >= 0.6 is 11.8 Å². The lowest BCUT2D eigenvalue weighted by Crippen LogP contribution is -2.15. The Kier molecular flexibility index (Phi) is 8.07. The quantitative estimate of drug-likeness (QED) is 0.361. The summed E-state index contributed by atoms with van der Waals surface area (Å²) in [5, 5.41) is 12.3. The molecule has 1 aromatic carbocycles. The minimum Gasteiger partial charge on any atom is -0.462 e. The summed E-state index contributed by atoms with van der Waals surface area (Å²) in [7, 11) is 0. The van der Waals surface area contributed by atoms with Gasteiger partial charge in [0.25, 0.3) is 0 Å². The molecule has 0 spiro atoms. The maximum atomic E-state index is 12.4. The molecule has 7 nitrogen and oxygen atoms in total. The number of aromatic nitrogens is 3. The van der Waals surface area contributed by atoms with Crippen molar-refractivity contribution in [3.8, 4) is 0 Å². The number of carbonyl (C=O) groups is 2. The van der Waals surface area contributed by atoms with E-state index in [1.807, 2.05) is 6.08 Å². The van der Waals surface area contributed by atoms with Crippen LogP contribution in [0.1, 0.15) is 61.1 Å². The number of ether oxygens (including phenoxy) is 1. The first-order valence-corrected chi connectivity index (χ1v) is 11.3. The van der Waals surface area contributed by atoms with Gasteiger partial charge in [-0.25, -0.2) is 4.79 Å². The van der Waals surface area contributed by atoms with E-state index >= 15 is 0 Å². The first-order valence-electron chi connectivity index (χ1n) is 10.4. The lowest BCUT2D eigenvalue weighted by molar-refractivity contribution is -0.113. The Morgan fingerprint density at radius 1 is 1.23 bits per heavy atom. The summed E-state index contributed by atoms with van der Waals surface area (Å²) in [6.07, 6.45) is 7.86. The number of hydrogen-bond acceptors (Lipinski definition) is 6. The molecular formula is C22H28N4O3S. The first-order chi connectivity index (χ1) is 14.6. The summed E-state index contributed by atoms with van der Waals surface area (Å²) in [5.41, 5.74) is 1.08. The molecule has 8 heteroatoms. The SMILES string of the molecule is C=CCn1c(SCC(=O)Nc2ccc(C(=O)OCC)cc2)nnc1C1CCCCC1. The monoisotopic (exact) mass is 428 g/mol. The zero-order valence-corrected chi connectivity index (χ0v) is 18.1. The largest absolute Gasteiger partial charge is 0.462 e. The Balaban J connectivity index is 1.58. The van der Waals surface area contributed by atoms with Gasteiger partial charge in [0.05, 0.1) is 17.9 Å². The minimum absolute atomic E-state index is 0.142. The summed E-state index contributed by atoms with van der Waals surface area (Å²) >= 11 is 1.37. The molecular weight excluding hydrogens is 400 g/mol. The molecule has 1 aromatic heterocycles. The van der Waals surface area contributed by atoms with E-state index in [-0.39, 0.29) is 17.6 Å². The molecule has 1 N–H and O–H groups in total. The highest BCUT2D eigenvalue weighted by Crippen LogP contribution is 2.33. The third kappa shape index (κ3) is 5.72. The molecule has 2 aromatic rings. The first kappa shape index (κ1) is 22.1. The van der Waals surface area contributed by atoms with Crippen LogP contribution in [0, 0.1) is 0 Å². The van der Waals surface area contributed by atoms with Gasteiger partial charge in [0.2, 0.25) is 5.91 Å². The Bertz CT molecular complexity index is 873. The standard InChI is InChI=1S/C22H28N4O3S/c1-3-14-26-20(16-8-6-5-7-9-16)24-25-22(26)30-15-19(27)23-18-12-10-17(11-13-18)21(28)29-4-2/h3,10-13,16H,1,4-9,14-15H2,2H3,(H,23,27). The van der Waals surface area contributed by atoms with Crippen molar-refractivity contribution < 1.29 is 14.3 Å². The highest BCUT2D eigenvalue weighted by Gasteiger charge is 2.23. The molecule has 1 aliphatic carbocycles. The van der Waals surface area contributed by atoms with Crippen LogP contribution in [0.3, 0.4) is 0 Å². The summed E-state index contributed by atoms with van der Waals surface area (Å²) in [5.74, 6) is 1.15. The smallest absolute Gasteiger partial charge is 0.338 e. The van der Waals surface area contributed by atoms with Crippen molar-refractivity contribution in [2.75, 3.05) is 17.7 Å². The predicted octanol–water partition coefficient (Wildman–Crippen LogP) is 4.42. The van der Waals surface area contributed by atoms with Crippen molar-refractivity contribution in [3.63, 3.8) is 0 Å². The van der Waals surface area contributed by atoms with Crippen molar-refractivity contribution in [3.05, 3.63) is 48.3 Å². The highest BCUT2D eigenvalue weighted by atomic mass is 32.2. The summed E-state index contributed by atoms with van der Waals surface area (Å²) in [6.45, 7) is 6.57. The van der Waals surface area contributed by atoms with E-state index in [0.717, 1.165) is 23.8 Å². The number of thioether (sulfide) groups is 1. The number of hydrogen-bond donors (Lipinski definition) is 1. The molecule has 0 atom stereocenters. The molecule has 1 fully saturated rings. The van der Waals surface area contributed by atoms with Crippen LogP contribution in [-0.4, -0.2) is 39.0 Å². The van der Waals surface area contributed by atoms with E-state index in [0.29, 0.717) is 30.3 Å². The maximum absolute atomic E-state index is 12.4. The molecule has 30 heavy (non-hydrogen) atoms. The lowest BCUT2D eigenvalue weighted by atomic mass is 9.89. The van der Waals surface area contributed by atoms with E-state index < -0.39 is 0 Å². The van der Waals surface area contributed by atoms with Crippen molar-refractivity contribution in [2.45, 2.75) is 56.6 Å². The fourth-order valence-electron chi connectivity index (χ4n) is 3.60. The molecule has 1 saturated carbocycles. The van der Waals surface area contributed by atoms with Gasteiger partial charge in [-0.05, 0) is 44.0 Å². The van der Waals surface area contributed by atoms with E-state index in [9.17, 15) is 9.59 Å². The Labute approximate surface area is 181 Å². The third-order valence-electron chi connectivity index (χ3n) is 5.04. The van der Waals surface area contributed by atoms with Crippen LogP contribution in [0.4, 0.5) is 5.69 Å². The van der Waals surface area contributed by atoms with Gasteiger partial charge in [-0.15, -0.1) is 16.8 Å². The fourth-order valence-corrected chi connectivity index (χ4v) is 4.36. The third-order valence-corrected chi connectivity index (χ3v) is 6.01. The zero-order valence-electron chi connectivity index (χ0n) is 17.3. The molecule has 1 amide bonds. The van der Waals surface area contributed by atoms with Gasteiger partial charge < -0.3 is 14.6 Å². The van der Waals surface area contributed by atoms with Crippen LogP contribution in [0.2, 0.25) is 0 Å². The molecule has 0 aliphatic heterocycles. The second-order valence-corrected chi connectivity index (χ2v) is 8.15. The topological polar surface area (TPSA) is 86.1 Å². The van der Waals surface area contributed by atoms with Crippen LogP contribution < -0.4 is 5.32 Å². The number of nitrogens with zero attached hydrogens (tertiary/aromatic N) is 3. The number of allylic oxidation sites excluding steroid dienone is 1. The summed E-state index contributed by atoms with van der Waals surface area (Å²) < 4.78 is 7.04. The highest BCUT2D eigenvalue weighted by molar-refractivity contribution is 7.99. The van der Waals surface area contributed by atoms with E-state index in [4.69, 9.17) is 4.74 Å². The van der Waals surface area contributed by atoms with E-state index in [1.165, 1.54) is 31.0 Å². The van der Waals surface area contributed by atoms with Crippen molar-refractivity contribution in [1.82, 2.24) is 14.8 Å². The second-order valence-electron chi connectivity index (χ2n) is 7.21. The van der Waals surface area contributed by atoms with Crippen LogP contribution in [0.15, 0.2) is 42.1 Å². The predicted molar refractivity (Wildman–Crippen MR) is 118 cm³/mol. The average molecular weight is 429 g/mol. The number of nitrogens with one attached hydrogen (secondary N) is 1. The van der Waals surface area contributed by atoms with Gasteiger partial charge in [0, 0.05) is 18.2 Å². The maximum Gasteiger partial charge on any atom is 0.338 e. The van der Waals surface area contributed by atoms with Gasteiger partial charge in [-0.2, -0.15) is 0 Å². The van der Waals surface area contributed by atoms with Gasteiger partial charge in [0.15, 0.2) is 5.16 Å². The number of rotatable bonds is 9. The molecule has 3 rings (SSSR count). The molecule has 0 bridgehead atoms. The number of anilines is 1. The minimum atomic E-state index is -0.374. The van der Waals surface area contributed by atoms with Crippen LogP contribution in [-0.2, 0) is 16.1 Å². The normalized spacial score (nSPS) is 14.3. The van der Waals surface area contributed by atoms with E-state index in [2.05, 4.69) is 26.7 Å². The molecule has 0 radical (unpaired) electrons. The fraction of sp³-hybridized carbons (Fsp3) is 0.455. The summed E-state index contributed by atoms with van der Waals surface area (Å²) in [6, 6.07) is 6.66. The van der Waals surface area contributed by atoms with Crippen LogP contribution in [0.5, 0.6) is 0 Å². The van der Waals surface area contributed by atoms with Crippen molar-refractivity contribution >= 4 is 29.3 Å². The number of esters is 1. The Morgan fingerprint density at radius 2 is 1.97 bits per heavy atom. The second kappa shape index (κ2) is 11.0. The Hall–Kier alpha value is -2.61. The van der Waals surface area contributed by atoms with Gasteiger partial charge in [-0.1, -0.05) is 37.1 Å². The summed E-state index contributed by atoms with van der Waals surface area (Å²) in [4.78, 5) is 24.1. The molecule has 1 heterocycles. The number of benzene rings is 1. The van der Waals surface area contributed by atoms with Gasteiger partial charge in [-0.3, -0.25) is 4.79 Å². The molecule has 160 valence electrons. The lowest BCUT2D eigenvalue weighted by Gasteiger charge is -2.21. The van der Waals surface area contributed by atoms with Gasteiger partial charge >= 0.3 is 5.97 Å². The average Bonchev–Trinajstić information content (AvgIpc) is 3.16. The Morgan fingerprint density at radius 3 is 2.63 bits per heavy atom. The van der Waals surface area contributed by atoms with Crippen LogP contribution in [0.25, 0.3) is 0 Å². The van der Waals surface area contributed by atoms with Crippen molar-refractivity contribution in [2.24, 2.45) is 0 Å².